The number of carboxylic acids is 6. The van der Waals surface area contributed by atoms with Crippen LogP contribution in [0.25, 0.3) is 0 Å². The van der Waals surface area contributed by atoms with E-state index in [2.05, 4.69) is 0 Å². The van der Waals surface area contributed by atoms with Gasteiger partial charge < -0.3 is 33.5 Å². The second kappa shape index (κ2) is 15.2. The first-order valence-electron chi connectivity index (χ1n) is 10.2. The summed E-state index contributed by atoms with van der Waals surface area (Å²) in [6, 6.07) is 0. The molecule has 1 rings (SSSR count). The molecule has 0 heterocycles. The van der Waals surface area contributed by atoms with E-state index in [0.29, 0.717) is 12.8 Å². The molecular weight excluding hydrogens is 500 g/mol. The molecule has 1 saturated carbocycles. The molecule has 2 atom stereocenters. The third-order valence-corrected chi connectivity index (χ3v) is 6.16. The van der Waals surface area contributed by atoms with Crippen LogP contribution in [0, 0.1) is 16.7 Å². The van der Waals surface area contributed by atoms with Gasteiger partial charge in [-0.2, -0.15) is 0 Å². The van der Waals surface area contributed by atoms with Gasteiger partial charge in [-0.3, -0.25) is 38.6 Å². The van der Waals surface area contributed by atoms with Crippen molar-refractivity contribution in [3.05, 3.63) is 0 Å². The minimum absolute atomic E-state index is 0. The summed E-state index contributed by atoms with van der Waals surface area (Å²) in [5, 5.41) is 52.6. The zero-order valence-corrected chi connectivity index (χ0v) is 22.2. The van der Waals surface area contributed by atoms with Crippen LogP contribution in [0.2, 0.25) is 0 Å². The SMILES string of the molecule is CC1(C(=O)O)CCC(C(=O)O)C1(C)C.O=C(O)CN(CCN(CC(=O)O)CC(=O)O)CC(=O)O.[Ca+2].[H-].[H-]. The van der Waals surface area contributed by atoms with E-state index < -0.39 is 78.7 Å². The zero-order chi connectivity index (χ0) is 26.9. The Hall–Kier alpha value is -2.00. The van der Waals surface area contributed by atoms with Crippen molar-refractivity contribution in [2.24, 2.45) is 16.7 Å². The first-order valence-corrected chi connectivity index (χ1v) is 10.2. The van der Waals surface area contributed by atoms with E-state index in [0.717, 1.165) is 9.80 Å². The molecule has 0 saturated heterocycles. The number of nitrogens with zero attached hydrogens (tertiary/aromatic N) is 2. The number of rotatable bonds is 13. The molecule has 35 heavy (non-hydrogen) atoms. The first-order chi connectivity index (χ1) is 15.4. The Morgan fingerprint density at radius 1 is 0.714 bits per heavy atom. The number of carboxylic acid groups (broad SMARTS) is 6. The zero-order valence-electron chi connectivity index (χ0n) is 22.0. The maximum atomic E-state index is 11.1. The minimum atomic E-state index is -1.23. The van der Waals surface area contributed by atoms with Gasteiger partial charge in [-0.1, -0.05) is 13.8 Å². The first kappa shape index (κ1) is 35.2. The van der Waals surface area contributed by atoms with Crippen molar-refractivity contribution in [1.82, 2.24) is 9.80 Å². The van der Waals surface area contributed by atoms with Crippen molar-refractivity contribution in [3.8, 4) is 0 Å². The summed E-state index contributed by atoms with van der Waals surface area (Å²) in [7, 11) is 0. The van der Waals surface area contributed by atoms with Gasteiger partial charge >= 0.3 is 73.6 Å². The van der Waals surface area contributed by atoms with E-state index in [1.807, 2.05) is 0 Å². The molecule has 2 unspecified atom stereocenters. The molecule has 1 aliphatic carbocycles. The van der Waals surface area contributed by atoms with Crippen LogP contribution in [-0.4, -0.2) is 153 Å². The fourth-order valence-corrected chi connectivity index (χ4v) is 3.79. The fraction of sp³-hybridized carbons (Fsp3) is 0.700. The summed E-state index contributed by atoms with van der Waals surface area (Å²) in [6.07, 6.45) is 0.886. The molecule has 0 spiro atoms. The Labute approximate surface area is 234 Å². The third-order valence-electron chi connectivity index (χ3n) is 6.16. The van der Waals surface area contributed by atoms with Crippen molar-refractivity contribution in [1.29, 1.82) is 0 Å². The topological polar surface area (TPSA) is 230 Å². The largest absolute Gasteiger partial charge is 2.00 e. The summed E-state index contributed by atoms with van der Waals surface area (Å²) in [5.41, 5.74) is -1.61. The number of carbonyl (C=O) groups is 6. The minimum Gasteiger partial charge on any atom is -1.00 e. The molecule has 0 aromatic carbocycles. The maximum Gasteiger partial charge on any atom is 2.00 e. The summed E-state index contributed by atoms with van der Waals surface area (Å²) >= 11 is 0. The smallest absolute Gasteiger partial charge is 1.00 e. The normalized spacial score (nSPS) is 20.3. The molecule has 1 fully saturated rings. The second-order valence-electron chi connectivity index (χ2n) is 8.78. The standard InChI is InChI=1S/C10H16N2O8.C10H16O4.Ca.2H/c13-7(14)3-11(4-8(15)16)1-2-12(5-9(17)18)6-10(19)20;1-9(2)6(7(11)12)4-5-10(9,3)8(13)14;;;/h1-6H2,(H,13,14)(H,15,16)(H,17,18)(H,19,20);6H,4-5H2,1-3H3,(H,11,12)(H,13,14);;;/q;;+2;2*-1. The van der Waals surface area contributed by atoms with Crippen molar-refractivity contribution >= 4 is 73.6 Å². The Morgan fingerprint density at radius 2 is 1.03 bits per heavy atom. The Bertz CT molecular complexity index is 746. The Balaban J connectivity index is -0.000000285. The van der Waals surface area contributed by atoms with Crippen LogP contribution in [0.3, 0.4) is 0 Å². The van der Waals surface area contributed by atoms with Gasteiger partial charge in [-0.25, -0.2) is 0 Å². The van der Waals surface area contributed by atoms with Gasteiger partial charge in [-0.15, -0.1) is 0 Å². The van der Waals surface area contributed by atoms with Gasteiger partial charge in [0.15, 0.2) is 0 Å². The van der Waals surface area contributed by atoms with Gasteiger partial charge in [0.2, 0.25) is 0 Å². The van der Waals surface area contributed by atoms with E-state index in [9.17, 15) is 28.8 Å². The van der Waals surface area contributed by atoms with Gasteiger partial charge in [0, 0.05) is 13.1 Å². The fourth-order valence-electron chi connectivity index (χ4n) is 3.79. The molecule has 0 bridgehead atoms. The monoisotopic (exact) mass is 534 g/mol. The molecule has 0 aromatic rings. The molecular formula is C20H34CaN2O12. The molecule has 0 amide bonds. The number of hydrogen-bond acceptors (Lipinski definition) is 8. The average molecular weight is 535 g/mol. The predicted octanol–water partition coefficient (Wildman–Crippen LogP) is -0.629. The molecule has 198 valence electrons. The van der Waals surface area contributed by atoms with Crippen LogP contribution in [0.5, 0.6) is 0 Å². The number of aliphatic carboxylic acids is 6. The van der Waals surface area contributed by atoms with Crippen molar-refractivity contribution in [2.45, 2.75) is 33.6 Å². The second-order valence-corrected chi connectivity index (χ2v) is 8.78. The summed E-state index contributed by atoms with van der Waals surface area (Å²) in [6.45, 7) is 2.84. The molecule has 6 N–H and O–H groups in total. The van der Waals surface area contributed by atoms with Crippen LogP contribution in [-0.2, 0) is 28.8 Å². The van der Waals surface area contributed by atoms with Crippen LogP contribution >= 0.6 is 0 Å². The van der Waals surface area contributed by atoms with E-state index in [4.69, 9.17) is 30.6 Å². The summed E-state index contributed by atoms with van der Waals surface area (Å²) < 4.78 is 0. The van der Waals surface area contributed by atoms with Crippen molar-refractivity contribution in [3.63, 3.8) is 0 Å². The predicted molar refractivity (Wildman–Crippen MR) is 121 cm³/mol. The van der Waals surface area contributed by atoms with Crippen LogP contribution in [0.1, 0.15) is 36.5 Å². The summed E-state index contributed by atoms with van der Waals surface area (Å²) in [5.74, 6) is -7.25. The quantitative estimate of drug-likeness (QED) is 0.162. The molecule has 0 aromatic heterocycles. The van der Waals surface area contributed by atoms with Gasteiger partial charge in [-0.05, 0) is 25.2 Å². The van der Waals surface area contributed by atoms with E-state index in [-0.39, 0.29) is 53.7 Å². The third kappa shape index (κ3) is 11.5. The molecule has 0 aliphatic heterocycles. The maximum absolute atomic E-state index is 11.1. The average Bonchev–Trinajstić information content (AvgIpc) is 2.88. The molecule has 0 radical (unpaired) electrons. The number of hydrogen-bond donors (Lipinski definition) is 6. The summed E-state index contributed by atoms with van der Waals surface area (Å²) in [4.78, 5) is 66.4. The van der Waals surface area contributed by atoms with Crippen molar-refractivity contribution in [2.75, 3.05) is 39.3 Å². The van der Waals surface area contributed by atoms with Crippen LogP contribution in [0.15, 0.2) is 0 Å². The van der Waals surface area contributed by atoms with Gasteiger partial charge in [0.1, 0.15) is 0 Å². The van der Waals surface area contributed by atoms with Gasteiger partial charge in [0.25, 0.3) is 0 Å². The Morgan fingerprint density at radius 3 is 1.20 bits per heavy atom. The van der Waals surface area contributed by atoms with Crippen LogP contribution < -0.4 is 0 Å². The van der Waals surface area contributed by atoms with Crippen molar-refractivity contribution < 1.29 is 62.3 Å². The van der Waals surface area contributed by atoms with E-state index in [1.54, 1.807) is 20.8 Å². The molecule has 1 aliphatic rings. The molecule has 15 heteroatoms. The van der Waals surface area contributed by atoms with Crippen LogP contribution in [0.4, 0.5) is 0 Å². The van der Waals surface area contributed by atoms with E-state index in [1.165, 1.54) is 0 Å². The van der Waals surface area contributed by atoms with E-state index >= 15 is 0 Å². The van der Waals surface area contributed by atoms with Gasteiger partial charge in [0.05, 0.1) is 37.5 Å². The molecule has 14 nitrogen and oxygen atoms in total. The Kier molecular flexibility index (Phi) is 15.3.